The fraction of sp³-hybridized carbons (Fsp3) is 0.562. The summed E-state index contributed by atoms with van der Waals surface area (Å²) >= 11 is 0. The van der Waals surface area contributed by atoms with Gasteiger partial charge >= 0.3 is 0 Å². The summed E-state index contributed by atoms with van der Waals surface area (Å²) in [6.07, 6.45) is 1.94. The molecule has 0 heterocycles. The second kappa shape index (κ2) is 7.95. The molecule has 0 saturated heterocycles. The van der Waals surface area contributed by atoms with Crippen molar-refractivity contribution in [2.75, 3.05) is 20.3 Å². The Kier molecular flexibility index (Phi) is 6.57. The highest BCUT2D eigenvalue weighted by molar-refractivity contribution is 5.94. The fourth-order valence-electron chi connectivity index (χ4n) is 2.31. The third kappa shape index (κ3) is 4.35. The molecule has 0 N–H and O–H groups in total. The van der Waals surface area contributed by atoms with Gasteiger partial charge in [-0.2, -0.15) is 0 Å². The summed E-state index contributed by atoms with van der Waals surface area (Å²) < 4.78 is 5.13. The van der Waals surface area contributed by atoms with Gasteiger partial charge in [0.2, 0.25) is 0 Å². The molecule has 0 aromatic heterocycles. The van der Waals surface area contributed by atoms with Crippen LogP contribution in [-0.4, -0.2) is 37.1 Å². The molecule has 0 aliphatic rings. The summed E-state index contributed by atoms with van der Waals surface area (Å²) in [6.45, 7) is 7.48. The van der Waals surface area contributed by atoms with E-state index in [9.17, 15) is 4.79 Å². The minimum Gasteiger partial charge on any atom is -0.383 e. The normalized spacial score (nSPS) is 10.8. The van der Waals surface area contributed by atoms with E-state index >= 15 is 0 Å². The van der Waals surface area contributed by atoms with Gasteiger partial charge in [-0.05, 0) is 31.9 Å². The summed E-state index contributed by atoms with van der Waals surface area (Å²) in [7, 11) is 1.67. The summed E-state index contributed by atoms with van der Waals surface area (Å²) in [5.74, 6) is 0.106. The summed E-state index contributed by atoms with van der Waals surface area (Å²) in [4.78, 5) is 14.6. The summed E-state index contributed by atoms with van der Waals surface area (Å²) in [5.41, 5.74) is 1.88. The fourth-order valence-corrected chi connectivity index (χ4v) is 2.31. The van der Waals surface area contributed by atoms with Crippen LogP contribution in [0.25, 0.3) is 0 Å². The van der Waals surface area contributed by atoms with Gasteiger partial charge < -0.3 is 9.64 Å². The van der Waals surface area contributed by atoms with Crippen molar-refractivity contribution in [3.63, 3.8) is 0 Å². The van der Waals surface area contributed by atoms with E-state index in [0.717, 1.165) is 24.0 Å². The van der Waals surface area contributed by atoms with Gasteiger partial charge in [0.25, 0.3) is 5.91 Å². The lowest BCUT2D eigenvalue weighted by Crippen LogP contribution is -2.41. The number of carbonyl (C=O) groups is 1. The number of methoxy groups -OCH3 is 1. The van der Waals surface area contributed by atoms with Crippen molar-refractivity contribution in [1.29, 1.82) is 0 Å². The number of amides is 1. The first-order valence-electron chi connectivity index (χ1n) is 7.00. The molecule has 0 aliphatic carbocycles. The smallest absolute Gasteiger partial charge is 0.254 e. The molecule has 0 radical (unpaired) electrons. The number of aryl methyl sites for hydroxylation is 1. The lowest BCUT2D eigenvalue weighted by Gasteiger charge is -2.30. The molecule has 0 unspecified atom stereocenters. The Balaban J connectivity index is 2.92. The van der Waals surface area contributed by atoms with Crippen molar-refractivity contribution in [3.8, 4) is 0 Å². The van der Waals surface area contributed by atoms with E-state index in [1.807, 2.05) is 36.1 Å². The molecule has 3 heteroatoms. The van der Waals surface area contributed by atoms with E-state index in [0.29, 0.717) is 13.2 Å². The van der Waals surface area contributed by atoms with E-state index < -0.39 is 0 Å². The van der Waals surface area contributed by atoms with Gasteiger partial charge in [0.1, 0.15) is 0 Å². The van der Waals surface area contributed by atoms with Crippen LogP contribution in [0.4, 0.5) is 0 Å². The highest BCUT2D eigenvalue weighted by atomic mass is 16.5. The highest BCUT2D eigenvalue weighted by Gasteiger charge is 2.21. The average Bonchev–Trinajstić information content (AvgIpc) is 2.43. The lowest BCUT2D eigenvalue weighted by atomic mass is 10.1. The van der Waals surface area contributed by atoms with Crippen molar-refractivity contribution in [2.45, 2.75) is 39.7 Å². The molecular formula is C16H25NO2. The Morgan fingerprint density at radius 2 is 2.00 bits per heavy atom. The zero-order valence-corrected chi connectivity index (χ0v) is 12.5. The minimum atomic E-state index is 0.106. The van der Waals surface area contributed by atoms with E-state index in [1.165, 1.54) is 0 Å². The van der Waals surface area contributed by atoms with Crippen molar-refractivity contribution in [1.82, 2.24) is 4.90 Å². The molecule has 1 amide bonds. The second-order valence-corrected chi connectivity index (χ2v) is 4.83. The number of ether oxygens (including phenoxy) is 1. The van der Waals surface area contributed by atoms with Crippen LogP contribution in [0.3, 0.4) is 0 Å². The number of nitrogens with zero attached hydrogens (tertiary/aromatic N) is 1. The van der Waals surface area contributed by atoms with E-state index in [4.69, 9.17) is 4.74 Å². The number of hydrogen-bond acceptors (Lipinski definition) is 2. The number of benzene rings is 1. The molecule has 0 fully saturated rings. The monoisotopic (exact) mass is 263 g/mol. The molecule has 1 aromatic carbocycles. The maximum absolute atomic E-state index is 12.6. The van der Waals surface area contributed by atoms with Gasteiger partial charge in [0.05, 0.1) is 6.61 Å². The molecule has 0 bridgehead atoms. The van der Waals surface area contributed by atoms with Crippen molar-refractivity contribution < 1.29 is 9.53 Å². The first kappa shape index (κ1) is 15.7. The van der Waals surface area contributed by atoms with E-state index in [-0.39, 0.29) is 11.9 Å². The first-order valence-corrected chi connectivity index (χ1v) is 7.00. The maximum Gasteiger partial charge on any atom is 0.254 e. The molecule has 106 valence electrons. The molecule has 1 rings (SSSR count). The maximum atomic E-state index is 12.6. The molecule has 0 saturated carbocycles. The Hall–Kier alpha value is -1.35. The summed E-state index contributed by atoms with van der Waals surface area (Å²) in [5, 5.41) is 0. The Morgan fingerprint density at radius 3 is 2.53 bits per heavy atom. The van der Waals surface area contributed by atoms with Gasteiger partial charge in [-0.1, -0.05) is 31.5 Å². The second-order valence-electron chi connectivity index (χ2n) is 4.83. The largest absolute Gasteiger partial charge is 0.383 e. The van der Waals surface area contributed by atoms with Crippen molar-refractivity contribution in [3.05, 3.63) is 35.4 Å². The minimum absolute atomic E-state index is 0.106. The SMILES string of the molecule is CCC(CC)N(CCOC)C(=O)c1cccc(C)c1. The standard InChI is InChI=1S/C16H25NO2/c1-5-15(6-2)17(10-11-19-4)16(18)14-9-7-8-13(3)12-14/h7-9,12,15H,5-6,10-11H2,1-4H3. The first-order chi connectivity index (χ1) is 9.13. The Bertz CT molecular complexity index is 399. The van der Waals surface area contributed by atoms with Crippen LogP contribution in [0.5, 0.6) is 0 Å². The van der Waals surface area contributed by atoms with E-state index in [1.54, 1.807) is 7.11 Å². The number of rotatable bonds is 7. The van der Waals surface area contributed by atoms with Gasteiger partial charge in [0.15, 0.2) is 0 Å². The lowest BCUT2D eigenvalue weighted by molar-refractivity contribution is 0.0589. The summed E-state index contributed by atoms with van der Waals surface area (Å²) in [6, 6.07) is 8.06. The Labute approximate surface area is 116 Å². The number of carbonyl (C=O) groups excluding carboxylic acids is 1. The molecule has 3 nitrogen and oxygen atoms in total. The molecule has 0 spiro atoms. The van der Waals surface area contributed by atoms with Gasteiger partial charge in [0, 0.05) is 25.3 Å². The molecular weight excluding hydrogens is 238 g/mol. The van der Waals surface area contributed by atoms with Crippen molar-refractivity contribution in [2.24, 2.45) is 0 Å². The number of hydrogen-bond donors (Lipinski definition) is 0. The van der Waals surface area contributed by atoms with Crippen LogP contribution in [0.2, 0.25) is 0 Å². The highest BCUT2D eigenvalue weighted by Crippen LogP contribution is 2.14. The predicted octanol–water partition coefficient (Wildman–Crippen LogP) is 3.27. The molecule has 0 aliphatic heterocycles. The Morgan fingerprint density at radius 1 is 1.32 bits per heavy atom. The molecule has 1 aromatic rings. The van der Waals surface area contributed by atoms with Crippen LogP contribution < -0.4 is 0 Å². The molecule has 19 heavy (non-hydrogen) atoms. The topological polar surface area (TPSA) is 29.5 Å². The van der Waals surface area contributed by atoms with Gasteiger partial charge in [-0.25, -0.2) is 0 Å². The van der Waals surface area contributed by atoms with E-state index in [2.05, 4.69) is 13.8 Å². The third-order valence-corrected chi connectivity index (χ3v) is 3.45. The average molecular weight is 263 g/mol. The van der Waals surface area contributed by atoms with Crippen LogP contribution >= 0.6 is 0 Å². The predicted molar refractivity (Wildman–Crippen MR) is 78.5 cm³/mol. The zero-order chi connectivity index (χ0) is 14.3. The van der Waals surface area contributed by atoms with Crippen LogP contribution in [-0.2, 0) is 4.74 Å². The van der Waals surface area contributed by atoms with Gasteiger partial charge in [-0.15, -0.1) is 0 Å². The van der Waals surface area contributed by atoms with Crippen molar-refractivity contribution >= 4 is 5.91 Å². The zero-order valence-electron chi connectivity index (χ0n) is 12.5. The quantitative estimate of drug-likeness (QED) is 0.755. The van der Waals surface area contributed by atoms with Crippen LogP contribution in [0, 0.1) is 6.92 Å². The molecule has 0 atom stereocenters. The van der Waals surface area contributed by atoms with Gasteiger partial charge in [-0.3, -0.25) is 4.79 Å². The van der Waals surface area contributed by atoms with Crippen LogP contribution in [0.1, 0.15) is 42.6 Å². The van der Waals surface area contributed by atoms with Crippen LogP contribution in [0.15, 0.2) is 24.3 Å². The third-order valence-electron chi connectivity index (χ3n) is 3.45.